The molecular weight excluding hydrogens is 463 g/mol. The van der Waals surface area contributed by atoms with Gasteiger partial charge in [0.2, 0.25) is 0 Å². The monoisotopic (exact) mass is 476 g/mol. The largest absolute Gasteiger partial charge is 0.465 e. The highest BCUT2D eigenvalue weighted by Gasteiger charge is 2.39. The van der Waals surface area contributed by atoms with Crippen molar-refractivity contribution in [3.63, 3.8) is 0 Å². The molecule has 1 aromatic carbocycles. The van der Waals surface area contributed by atoms with Gasteiger partial charge in [-0.3, -0.25) is 10.1 Å². The lowest BCUT2D eigenvalue weighted by Crippen LogP contribution is -2.42. The van der Waals surface area contributed by atoms with E-state index in [4.69, 9.17) is 9.47 Å². The number of ether oxygens (including phenoxy) is 3. The van der Waals surface area contributed by atoms with Gasteiger partial charge in [-0.2, -0.15) is 0 Å². The number of carbonyl (C=O) groups is 3. The number of methoxy groups -OCH3 is 1. The van der Waals surface area contributed by atoms with Crippen LogP contribution in [-0.4, -0.2) is 35.7 Å². The van der Waals surface area contributed by atoms with Gasteiger partial charge in [0, 0.05) is 35.8 Å². The number of carbonyl (C=O) groups excluding carboxylic acids is 3. The molecule has 10 nitrogen and oxygen atoms in total. The summed E-state index contributed by atoms with van der Waals surface area (Å²) in [7, 11) is 1.12. The Morgan fingerprint density at radius 3 is 2.38 bits per heavy atom. The standard InChI is InChI=1S/C15H13IN2O8/c1-15(2)25-13(20)9(14(21)26-15)6-17-11-8(12(19)24-3)4-7(18(22)23)5-10(11)16/h4-6,17H,1-3H3. The van der Waals surface area contributed by atoms with Crippen molar-refractivity contribution in [3.05, 3.63) is 43.2 Å². The van der Waals surface area contributed by atoms with Gasteiger partial charge < -0.3 is 19.5 Å². The number of hydrogen-bond donors (Lipinski definition) is 1. The molecule has 1 N–H and O–H groups in total. The molecule has 138 valence electrons. The Bertz CT molecular complexity index is 824. The van der Waals surface area contributed by atoms with E-state index in [0.717, 1.165) is 19.4 Å². The molecule has 0 saturated carbocycles. The third-order valence-electron chi connectivity index (χ3n) is 3.17. The van der Waals surface area contributed by atoms with E-state index >= 15 is 0 Å². The fraction of sp³-hybridized carbons (Fsp3) is 0.267. The van der Waals surface area contributed by atoms with Crippen LogP contribution in [0.4, 0.5) is 11.4 Å². The average Bonchev–Trinajstić information content (AvgIpc) is 2.52. The predicted octanol–water partition coefficient (Wildman–Crippen LogP) is 2.12. The SMILES string of the molecule is COC(=O)c1cc([N+](=O)[O-])cc(I)c1NC=C1C(=O)OC(C)(C)OC1=O. The third-order valence-corrected chi connectivity index (χ3v) is 4.02. The summed E-state index contributed by atoms with van der Waals surface area (Å²) in [5, 5.41) is 13.6. The maximum Gasteiger partial charge on any atom is 0.350 e. The summed E-state index contributed by atoms with van der Waals surface area (Å²) in [6.45, 7) is 2.81. The third kappa shape index (κ3) is 4.09. The topological polar surface area (TPSA) is 134 Å². The van der Waals surface area contributed by atoms with Crippen LogP contribution >= 0.6 is 22.6 Å². The lowest BCUT2D eigenvalue weighted by atomic mass is 10.1. The van der Waals surface area contributed by atoms with Crippen molar-refractivity contribution in [2.45, 2.75) is 19.6 Å². The summed E-state index contributed by atoms with van der Waals surface area (Å²) >= 11 is 1.77. The lowest BCUT2D eigenvalue weighted by Gasteiger charge is -2.29. The van der Waals surface area contributed by atoms with Crippen molar-refractivity contribution >= 4 is 51.9 Å². The molecule has 0 aliphatic carbocycles. The Kier molecular flexibility index (Phi) is 5.49. The number of non-ortho nitro benzene ring substituents is 1. The predicted molar refractivity (Wildman–Crippen MR) is 95.1 cm³/mol. The van der Waals surface area contributed by atoms with Crippen LogP contribution < -0.4 is 5.32 Å². The second kappa shape index (κ2) is 7.27. The number of benzene rings is 1. The number of anilines is 1. The van der Waals surface area contributed by atoms with Gasteiger partial charge >= 0.3 is 17.9 Å². The molecule has 0 bridgehead atoms. The van der Waals surface area contributed by atoms with Crippen molar-refractivity contribution in [2.75, 3.05) is 12.4 Å². The summed E-state index contributed by atoms with van der Waals surface area (Å²) in [5.41, 5.74) is -0.748. The summed E-state index contributed by atoms with van der Waals surface area (Å²) < 4.78 is 14.8. The zero-order chi connectivity index (χ0) is 19.6. The number of halogens is 1. The highest BCUT2D eigenvalue weighted by Crippen LogP contribution is 2.30. The van der Waals surface area contributed by atoms with Crippen LogP contribution in [0.25, 0.3) is 0 Å². The van der Waals surface area contributed by atoms with Crippen LogP contribution in [0, 0.1) is 13.7 Å². The molecule has 0 amide bonds. The number of nitrogens with one attached hydrogen (secondary N) is 1. The Morgan fingerprint density at radius 1 is 1.31 bits per heavy atom. The van der Waals surface area contributed by atoms with E-state index in [1.54, 1.807) is 22.6 Å². The molecule has 0 spiro atoms. The molecule has 1 aliphatic heterocycles. The van der Waals surface area contributed by atoms with Crippen molar-refractivity contribution in [3.8, 4) is 0 Å². The number of esters is 3. The Hall–Kier alpha value is -2.70. The van der Waals surface area contributed by atoms with E-state index in [9.17, 15) is 24.5 Å². The lowest BCUT2D eigenvalue weighted by molar-refractivity contribution is -0.385. The number of hydrogen-bond acceptors (Lipinski definition) is 9. The number of cyclic esters (lactones) is 2. The molecule has 0 radical (unpaired) electrons. The van der Waals surface area contributed by atoms with Gasteiger partial charge in [-0.05, 0) is 22.6 Å². The second-order valence-electron chi connectivity index (χ2n) is 5.48. The molecule has 1 aromatic rings. The minimum Gasteiger partial charge on any atom is -0.465 e. The second-order valence-corrected chi connectivity index (χ2v) is 6.64. The molecular formula is C15H13IN2O8. The van der Waals surface area contributed by atoms with Gasteiger partial charge in [-0.1, -0.05) is 0 Å². The van der Waals surface area contributed by atoms with E-state index in [-0.39, 0.29) is 16.9 Å². The van der Waals surface area contributed by atoms with E-state index in [1.165, 1.54) is 19.9 Å². The Balaban J connectivity index is 2.43. The maximum atomic E-state index is 11.9. The fourth-order valence-electron chi connectivity index (χ4n) is 2.04. The first-order valence-corrected chi connectivity index (χ1v) is 8.13. The van der Waals surface area contributed by atoms with Crippen LogP contribution in [-0.2, 0) is 23.8 Å². The molecule has 0 atom stereocenters. The smallest absolute Gasteiger partial charge is 0.350 e. The first-order valence-electron chi connectivity index (χ1n) is 7.05. The highest BCUT2D eigenvalue weighted by atomic mass is 127. The molecule has 1 aliphatic rings. The molecule has 0 aromatic heterocycles. The van der Waals surface area contributed by atoms with Crippen molar-refractivity contribution < 1.29 is 33.5 Å². The van der Waals surface area contributed by atoms with Gasteiger partial charge in [0.1, 0.15) is 0 Å². The summed E-state index contributed by atoms with van der Waals surface area (Å²) in [6, 6.07) is 2.24. The van der Waals surface area contributed by atoms with Gasteiger partial charge in [-0.25, -0.2) is 14.4 Å². The Labute approximate surface area is 160 Å². The summed E-state index contributed by atoms with van der Waals surface area (Å²) in [4.78, 5) is 46.1. The van der Waals surface area contributed by atoms with Gasteiger partial charge in [0.15, 0.2) is 5.57 Å². The molecule has 26 heavy (non-hydrogen) atoms. The van der Waals surface area contributed by atoms with Crippen molar-refractivity contribution in [1.29, 1.82) is 0 Å². The fourth-order valence-corrected chi connectivity index (χ4v) is 2.80. The molecule has 1 saturated heterocycles. The van der Waals surface area contributed by atoms with Crippen molar-refractivity contribution in [1.82, 2.24) is 0 Å². The van der Waals surface area contributed by atoms with E-state index in [2.05, 4.69) is 10.1 Å². The first kappa shape index (κ1) is 19.6. The number of nitro benzene ring substituents is 1. The minimum absolute atomic E-state index is 0.126. The number of nitrogens with zero attached hydrogens (tertiary/aromatic N) is 1. The van der Waals surface area contributed by atoms with Gasteiger partial charge in [0.05, 0.1) is 23.3 Å². The van der Waals surface area contributed by atoms with E-state index in [1.807, 2.05) is 0 Å². The molecule has 1 fully saturated rings. The maximum absolute atomic E-state index is 11.9. The average molecular weight is 476 g/mol. The molecule has 0 unspecified atom stereocenters. The van der Waals surface area contributed by atoms with Crippen LogP contribution in [0.15, 0.2) is 23.9 Å². The first-order chi connectivity index (χ1) is 12.1. The highest BCUT2D eigenvalue weighted by molar-refractivity contribution is 14.1. The van der Waals surface area contributed by atoms with Crippen LogP contribution in [0.5, 0.6) is 0 Å². The molecule has 1 heterocycles. The van der Waals surface area contributed by atoms with Gasteiger partial charge in [0.25, 0.3) is 11.5 Å². The Morgan fingerprint density at radius 2 is 1.88 bits per heavy atom. The summed E-state index contributed by atoms with van der Waals surface area (Å²) in [6.07, 6.45) is 1.01. The number of nitro groups is 1. The summed E-state index contributed by atoms with van der Waals surface area (Å²) in [5.74, 6) is -4.03. The van der Waals surface area contributed by atoms with Crippen LogP contribution in [0.1, 0.15) is 24.2 Å². The van der Waals surface area contributed by atoms with Crippen molar-refractivity contribution in [2.24, 2.45) is 0 Å². The molecule has 2 rings (SSSR count). The number of rotatable bonds is 4. The van der Waals surface area contributed by atoms with E-state index in [0.29, 0.717) is 3.57 Å². The zero-order valence-corrected chi connectivity index (χ0v) is 16.0. The quantitative estimate of drug-likeness (QED) is 0.173. The van der Waals surface area contributed by atoms with Crippen LogP contribution in [0.3, 0.4) is 0 Å². The van der Waals surface area contributed by atoms with Crippen LogP contribution in [0.2, 0.25) is 0 Å². The van der Waals surface area contributed by atoms with Gasteiger partial charge in [-0.15, -0.1) is 0 Å². The van der Waals surface area contributed by atoms with E-state index < -0.39 is 34.2 Å². The normalized spacial score (nSPS) is 15.6. The molecule has 11 heteroatoms. The zero-order valence-electron chi connectivity index (χ0n) is 13.8. The minimum atomic E-state index is -1.38.